The topological polar surface area (TPSA) is 61.8 Å². The second kappa shape index (κ2) is 4.22. The van der Waals surface area contributed by atoms with Crippen molar-refractivity contribution in [3.05, 3.63) is 23.3 Å². The zero-order valence-electron chi connectivity index (χ0n) is 13.0. The summed E-state index contributed by atoms with van der Waals surface area (Å²) in [6.07, 6.45) is 5.26. The Hall–Kier alpha value is -1.62. The van der Waals surface area contributed by atoms with E-state index in [9.17, 15) is 9.59 Å². The second-order valence-electron chi connectivity index (χ2n) is 7.22. The molecule has 4 rings (SSSR count). The number of cyclic esters (lactones) is 1. The standard InChI is InChI=1S/C17H20O5/c1-16-5-4-6-17(2)13(16)11(21-15(17)19)7-9-10(16)8-12(18)22-14(9)20-3/h7-8,11,13-14H,4-6H2,1-3H3/t11?,13?,14-,16-,17+/m1/s1. The molecule has 0 N–H and O–H groups in total. The number of methoxy groups -OCH3 is 1. The zero-order valence-corrected chi connectivity index (χ0v) is 13.0. The molecule has 0 radical (unpaired) electrons. The molecular formula is C17H20O5. The number of carbonyl (C=O) groups is 2. The number of ether oxygens (including phenoxy) is 3. The van der Waals surface area contributed by atoms with Gasteiger partial charge in [0, 0.05) is 30.1 Å². The molecule has 5 heteroatoms. The molecule has 2 fully saturated rings. The Morgan fingerprint density at radius 1 is 1.18 bits per heavy atom. The predicted octanol–water partition coefficient (Wildman–Crippen LogP) is 2.12. The number of rotatable bonds is 1. The van der Waals surface area contributed by atoms with E-state index in [1.165, 1.54) is 7.11 Å². The quantitative estimate of drug-likeness (QED) is 0.694. The third-order valence-corrected chi connectivity index (χ3v) is 6.03. The van der Waals surface area contributed by atoms with Crippen LogP contribution in [0, 0.1) is 16.7 Å². The molecule has 1 saturated carbocycles. The molecule has 0 aromatic heterocycles. The molecule has 4 aliphatic rings. The Balaban J connectivity index is 1.92. The molecule has 2 aliphatic carbocycles. The minimum Gasteiger partial charge on any atom is -0.457 e. The lowest BCUT2D eigenvalue weighted by atomic mass is 9.50. The average Bonchev–Trinajstić information content (AvgIpc) is 2.72. The summed E-state index contributed by atoms with van der Waals surface area (Å²) >= 11 is 0. The van der Waals surface area contributed by atoms with Gasteiger partial charge in [-0.15, -0.1) is 0 Å². The first kappa shape index (κ1) is 14.0. The van der Waals surface area contributed by atoms with E-state index < -0.39 is 11.7 Å². The molecule has 2 unspecified atom stereocenters. The summed E-state index contributed by atoms with van der Waals surface area (Å²) in [6.45, 7) is 4.15. The minimum absolute atomic E-state index is 0.0691. The normalized spacial score (nSPS) is 46.0. The first-order valence-corrected chi connectivity index (χ1v) is 7.79. The van der Waals surface area contributed by atoms with Crippen LogP contribution < -0.4 is 0 Å². The van der Waals surface area contributed by atoms with E-state index in [-0.39, 0.29) is 29.4 Å². The summed E-state index contributed by atoms with van der Waals surface area (Å²) in [6, 6.07) is 0. The molecule has 2 aliphatic heterocycles. The highest BCUT2D eigenvalue weighted by atomic mass is 16.7. The van der Waals surface area contributed by atoms with Crippen molar-refractivity contribution < 1.29 is 23.8 Å². The number of esters is 2. The Bertz CT molecular complexity index is 633. The number of hydrogen-bond donors (Lipinski definition) is 0. The fourth-order valence-corrected chi connectivity index (χ4v) is 5.10. The lowest BCUT2D eigenvalue weighted by Crippen LogP contribution is -2.51. The maximum Gasteiger partial charge on any atom is 0.333 e. The summed E-state index contributed by atoms with van der Waals surface area (Å²) in [7, 11) is 1.52. The number of hydrogen-bond acceptors (Lipinski definition) is 5. The Labute approximate surface area is 129 Å². The van der Waals surface area contributed by atoms with Gasteiger partial charge in [-0.25, -0.2) is 4.79 Å². The van der Waals surface area contributed by atoms with Gasteiger partial charge in [0.2, 0.25) is 6.29 Å². The van der Waals surface area contributed by atoms with Crippen molar-refractivity contribution in [3.8, 4) is 0 Å². The summed E-state index contributed by atoms with van der Waals surface area (Å²) in [4.78, 5) is 24.4. The summed E-state index contributed by atoms with van der Waals surface area (Å²) < 4.78 is 16.2. The SMILES string of the molecule is CO[C@@H]1OC(=O)C=C2C1=CC1OC(=O)[C@@]3(C)CCC[C@@]2(C)C13. The van der Waals surface area contributed by atoms with Gasteiger partial charge in [0.05, 0.1) is 5.41 Å². The van der Waals surface area contributed by atoms with Crippen molar-refractivity contribution in [3.63, 3.8) is 0 Å². The molecule has 5 nitrogen and oxygen atoms in total. The van der Waals surface area contributed by atoms with Crippen molar-refractivity contribution in [2.45, 2.75) is 45.5 Å². The number of fused-ring (bicyclic) bond motifs is 2. The van der Waals surface area contributed by atoms with Crippen molar-refractivity contribution in [2.24, 2.45) is 16.7 Å². The van der Waals surface area contributed by atoms with E-state index in [0.717, 1.165) is 30.4 Å². The molecule has 0 bridgehead atoms. The largest absolute Gasteiger partial charge is 0.457 e. The van der Waals surface area contributed by atoms with Crippen molar-refractivity contribution in [1.29, 1.82) is 0 Å². The van der Waals surface area contributed by atoms with Gasteiger partial charge in [0.25, 0.3) is 0 Å². The third-order valence-electron chi connectivity index (χ3n) is 6.03. The van der Waals surface area contributed by atoms with E-state index >= 15 is 0 Å². The van der Waals surface area contributed by atoms with Gasteiger partial charge in [-0.1, -0.05) is 13.3 Å². The summed E-state index contributed by atoms with van der Waals surface area (Å²) in [5.74, 6) is -0.429. The Kier molecular flexibility index (Phi) is 2.69. The molecule has 1 saturated heterocycles. The summed E-state index contributed by atoms with van der Waals surface area (Å²) in [5, 5.41) is 0. The predicted molar refractivity (Wildman–Crippen MR) is 76.5 cm³/mol. The van der Waals surface area contributed by atoms with Crippen LogP contribution in [0.3, 0.4) is 0 Å². The van der Waals surface area contributed by atoms with Crippen LogP contribution in [0.1, 0.15) is 33.1 Å². The molecule has 0 spiro atoms. The molecule has 118 valence electrons. The van der Waals surface area contributed by atoms with Gasteiger partial charge < -0.3 is 14.2 Å². The van der Waals surface area contributed by atoms with Gasteiger partial charge >= 0.3 is 11.9 Å². The van der Waals surface area contributed by atoms with Crippen molar-refractivity contribution in [2.75, 3.05) is 7.11 Å². The molecular weight excluding hydrogens is 284 g/mol. The fourth-order valence-electron chi connectivity index (χ4n) is 5.10. The molecule has 0 amide bonds. The van der Waals surface area contributed by atoms with Crippen LogP contribution in [0.15, 0.2) is 23.3 Å². The molecule has 2 heterocycles. The lowest BCUT2D eigenvalue weighted by Gasteiger charge is -2.52. The average molecular weight is 304 g/mol. The first-order valence-electron chi connectivity index (χ1n) is 7.79. The van der Waals surface area contributed by atoms with Crippen LogP contribution in [0.4, 0.5) is 0 Å². The van der Waals surface area contributed by atoms with Crippen molar-refractivity contribution >= 4 is 11.9 Å². The van der Waals surface area contributed by atoms with E-state index in [1.54, 1.807) is 6.08 Å². The van der Waals surface area contributed by atoms with E-state index in [0.29, 0.717) is 0 Å². The highest BCUT2D eigenvalue weighted by Gasteiger charge is 2.65. The second-order valence-corrected chi connectivity index (χ2v) is 7.22. The number of carbonyl (C=O) groups excluding carboxylic acids is 2. The van der Waals surface area contributed by atoms with Gasteiger partial charge in [-0.05, 0) is 31.4 Å². The van der Waals surface area contributed by atoms with Crippen molar-refractivity contribution in [1.82, 2.24) is 0 Å². The van der Waals surface area contributed by atoms with Crippen LogP contribution >= 0.6 is 0 Å². The third kappa shape index (κ3) is 1.52. The minimum atomic E-state index is -0.710. The molecule has 5 atom stereocenters. The van der Waals surface area contributed by atoms with E-state index in [2.05, 4.69) is 6.92 Å². The summed E-state index contributed by atoms with van der Waals surface area (Å²) in [5.41, 5.74) is 1.07. The Morgan fingerprint density at radius 3 is 2.64 bits per heavy atom. The smallest absolute Gasteiger partial charge is 0.333 e. The van der Waals surface area contributed by atoms with Crippen LogP contribution in [0.2, 0.25) is 0 Å². The van der Waals surface area contributed by atoms with Gasteiger partial charge in [0.15, 0.2) is 0 Å². The molecule has 0 aromatic carbocycles. The van der Waals surface area contributed by atoms with Crippen LogP contribution in [0.5, 0.6) is 0 Å². The molecule has 22 heavy (non-hydrogen) atoms. The highest BCUT2D eigenvalue weighted by Crippen LogP contribution is 2.64. The fraction of sp³-hybridized carbons (Fsp3) is 0.647. The van der Waals surface area contributed by atoms with Crippen LogP contribution in [0.25, 0.3) is 0 Å². The molecule has 0 aromatic rings. The highest BCUT2D eigenvalue weighted by molar-refractivity contribution is 5.87. The van der Waals surface area contributed by atoms with Gasteiger partial charge in [-0.2, -0.15) is 0 Å². The zero-order chi connectivity index (χ0) is 15.7. The van der Waals surface area contributed by atoms with E-state index in [4.69, 9.17) is 14.2 Å². The van der Waals surface area contributed by atoms with Gasteiger partial charge in [-0.3, -0.25) is 4.79 Å². The van der Waals surface area contributed by atoms with Crippen LogP contribution in [-0.2, 0) is 23.8 Å². The Morgan fingerprint density at radius 2 is 1.91 bits per heavy atom. The first-order chi connectivity index (χ1) is 10.4. The van der Waals surface area contributed by atoms with Gasteiger partial charge in [0.1, 0.15) is 6.10 Å². The lowest BCUT2D eigenvalue weighted by molar-refractivity contribution is -0.163. The monoisotopic (exact) mass is 304 g/mol. The maximum atomic E-state index is 12.4. The van der Waals surface area contributed by atoms with E-state index in [1.807, 2.05) is 13.0 Å². The maximum absolute atomic E-state index is 12.4. The van der Waals surface area contributed by atoms with Crippen LogP contribution in [-0.4, -0.2) is 31.4 Å².